The molecule has 0 amide bonds. The number of hydrogen-bond donors (Lipinski definition) is 1. The number of fused-ring (bicyclic) bond motifs is 2. The zero-order chi connectivity index (χ0) is 5.56. The lowest BCUT2D eigenvalue weighted by atomic mass is 9.72. The van der Waals surface area contributed by atoms with Crippen molar-refractivity contribution in [1.82, 2.24) is 5.32 Å². The Morgan fingerprint density at radius 3 is 2.43 bits per heavy atom. The SMILES string of the molecule is [2H]C1C2CNCC1C2. The molecule has 1 saturated carbocycles. The smallest absolute Gasteiger partial charge is 0.0273 e. The molecule has 2 bridgehead atoms. The second-order valence-corrected chi connectivity index (χ2v) is 2.61. The number of hydrogen-bond acceptors (Lipinski definition) is 1. The molecule has 0 aromatic heterocycles. The molecule has 0 aromatic rings. The Labute approximate surface area is 45.5 Å². The summed E-state index contributed by atoms with van der Waals surface area (Å²) in [5.74, 6) is 1.41. The molecule has 1 N–H and O–H groups in total. The zero-order valence-electron chi connectivity index (χ0n) is 5.35. The molecule has 1 nitrogen and oxygen atoms in total. The highest BCUT2D eigenvalue weighted by molar-refractivity contribution is 4.87. The molecule has 40 valence electrons. The van der Waals surface area contributed by atoms with E-state index in [1.54, 1.807) is 0 Å². The fraction of sp³-hybridized carbons (Fsp3) is 1.00. The van der Waals surface area contributed by atoms with Crippen LogP contribution in [0.2, 0.25) is 0 Å². The maximum atomic E-state index is 7.49. The second kappa shape index (κ2) is 1.22. The maximum absolute atomic E-state index is 7.49. The molecule has 0 spiro atoms. The minimum Gasteiger partial charge on any atom is -0.316 e. The highest BCUT2D eigenvalue weighted by Crippen LogP contribution is 2.35. The normalized spacial score (nSPS) is 60.6. The Bertz CT molecular complexity index is 90.7. The van der Waals surface area contributed by atoms with Crippen LogP contribution in [0, 0.1) is 11.8 Å². The van der Waals surface area contributed by atoms with Crippen LogP contribution in [0.3, 0.4) is 0 Å². The van der Waals surface area contributed by atoms with Gasteiger partial charge in [0.05, 0.1) is 0 Å². The Morgan fingerprint density at radius 2 is 2.14 bits per heavy atom. The van der Waals surface area contributed by atoms with E-state index >= 15 is 0 Å². The first-order valence-corrected chi connectivity index (χ1v) is 3.01. The van der Waals surface area contributed by atoms with Gasteiger partial charge in [-0.1, -0.05) is 0 Å². The summed E-state index contributed by atoms with van der Waals surface area (Å²) in [6.45, 7) is 2.20. The van der Waals surface area contributed by atoms with Gasteiger partial charge in [0.15, 0.2) is 0 Å². The molecule has 2 atom stereocenters. The van der Waals surface area contributed by atoms with Crippen molar-refractivity contribution in [3.8, 4) is 0 Å². The summed E-state index contributed by atoms with van der Waals surface area (Å²) in [6, 6.07) is 0. The fourth-order valence-corrected chi connectivity index (χ4v) is 1.49. The molecule has 0 aromatic carbocycles. The van der Waals surface area contributed by atoms with Gasteiger partial charge in [0.1, 0.15) is 0 Å². The molecule has 2 aliphatic heterocycles. The number of rotatable bonds is 0. The van der Waals surface area contributed by atoms with E-state index in [9.17, 15) is 0 Å². The van der Waals surface area contributed by atoms with Crippen molar-refractivity contribution in [2.45, 2.75) is 12.8 Å². The van der Waals surface area contributed by atoms with E-state index in [-0.39, 0.29) is 6.40 Å². The van der Waals surface area contributed by atoms with Gasteiger partial charge in [-0.3, -0.25) is 0 Å². The Kier molecular flexibility index (Phi) is 0.537. The van der Waals surface area contributed by atoms with Gasteiger partial charge in [0, 0.05) is 1.37 Å². The number of piperidine rings is 2. The van der Waals surface area contributed by atoms with Gasteiger partial charge in [-0.15, -0.1) is 0 Å². The zero-order valence-corrected chi connectivity index (χ0v) is 4.35. The highest BCUT2D eigenvalue weighted by atomic mass is 14.9. The molecule has 3 aliphatic rings. The molecule has 0 radical (unpaired) electrons. The van der Waals surface area contributed by atoms with E-state index in [1.807, 2.05) is 0 Å². The van der Waals surface area contributed by atoms with Crippen LogP contribution < -0.4 is 5.32 Å². The molecular weight excluding hydrogens is 86.1 g/mol. The Balaban J connectivity index is 2.03. The quantitative estimate of drug-likeness (QED) is 0.468. The van der Waals surface area contributed by atoms with Gasteiger partial charge in [0.25, 0.3) is 0 Å². The van der Waals surface area contributed by atoms with E-state index in [2.05, 4.69) is 5.32 Å². The van der Waals surface area contributed by atoms with Crippen LogP contribution in [0.1, 0.15) is 14.2 Å². The summed E-state index contributed by atoms with van der Waals surface area (Å²) in [5.41, 5.74) is 0. The molecule has 3 rings (SSSR count). The molecule has 1 aliphatic carbocycles. The van der Waals surface area contributed by atoms with Crippen molar-refractivity contribution in [3.63, 3.8) is 0 Å². The van der Waals surface area contributed by atoms with Gasteiger partial charge in [0.2, 0.25) is 0 Å². The standard InChI is InChI=1S/C6H11N/c1-5-2-6(1)4-7-3-5/h5-7H,1-4H2/i1D. The van der Waals surface area contributed by atoms with Crippen LogP contribution in [0.4, 0.5) is 0 Å². The lowest BCUT2D eigenvalue weighted by Gasteiger charge is -2.41. The molecular formula is C6H11N. The molecule has 7 heavy (non-hydrogen) atoms. The van der Waals surface area contributed by atoms with Crippen LogP contribution in [0.25, 0.3) is 0 Å². The van der Waals surface area contributed by atoms with Crippen molar-refractivity contribution < 1.29 is 1.37 Å². The monoisotopic (exact) mass is 98.1 g/mol. The summed E-state index contributed by atoms with van der Waals surface area (Å²) in [4.78, 5) is 0. The minimum atomic E-state index is 0.288. The van der Waals surface area contributed by atoms with E-state index in [0.29, 0.717) is 11.8 Å². The van der Waals surface area contributed by atoms with Crippen molar-refractivity contribution in [3.05, 3.63) is 0 Å². The topological polar surface area (TPSA) is 12.0 Å². The first-order valence-electron chi connectivity index (χ1n) is 3.58. The van der Waals surface area contributed by atoms with Gasteiger partial charge >= 0.3 is 0 Å². The van der Waals surface area contributed by atoms with Crippen LogP contribution in [0.15, 0.2) is 0 Å². The van der Waals surface area contributed by atoms with Crippen molar-refractivity contribution >= 4 is 0 Å². The van der Waals surface area contributed by atoms with Crippen molar-refractivity contribution in [2.75, 3.05) is 13.1 Å². The third-order valence-corrected chi connectivity index (χ3v) is 1.96. The first-order chi connectivity index (χ1) is 3.88. The summed E-state index contributed by atoms with van der Waals surface area (Å²) < 4.78 is 7.49. The van der Waals surface area contributed by atoms with Crippen LogP contribution in [0.5, 0.6) is 0 Å². The second-order valence-electron chi connectivity index (χ2n) is 2.61. The summed E-state index contributed by atoms with van der Waals surface area (Å²) >= 11 is 0. The average Bonchev–Trinajstić information content (AvgIpc) is 1.89. The van der Waals surface area contributed by atoms with Crippen LogP contribution in [-0.2, 0) is 0 Å². The van der Waals surface area contributed by atoms with Crippen molar-refractivity contribution in [1.29, 1.82) is 0 Å². The largest absolute Gasteiger partial charge is 0.316 e. The molecule has 2 heterocycles. The van der Waals surface area contributed by atoms with Crippen LogP contribution in [-0.4, -0.2) is 13.1 Å². The number of nitrogens with one attached hydrogen (secondary N) is 1. The minimum absolute atomic E-state index is 0.288. The average molecular weight is 98.2 g/mol. The highest BCUT2D eigenvalue weighted by Gasteiger charge is 2.32. The van der Waals surface area contributed by atoms with E-state index in [4.69, 9.17) is 1.37 Å². The van der Waals surface area contributed by atoms with E-state index in [1.165, 1.54) is 6.42 Å². The third kappa shape index (κ3) is 0.480. The lowest BCUT2D eigenvalue weighted by molar-refractivity contribution is 0.135. The first kappa shape index (κ1) is 3.08. The lowest BCUT2D eigenvalue weighted by Crippen LogP contribution is -2.45. The van der Waals surface area contributed by atoms with Crippen LogP contribution >= 0.6 is 0 Å². The van der Waals surface area contributed by atoms with Gasteiger partial charge < -0.3 is 5.32 Å². The maximum Gasteiger partial charge on any atom is 0.0273 e. The fourth-order valence-electron chi connectivity index (χ4n) is 1.49. The summed E-state index contributed by atoms with van der Waals surface area (Å²) in [7, 11) is 0. The van der Waals surface area contributed by atoms with Crippen molar-refractivity contribution in [2.24, 2.45) is 11.8 Å². The van der Waals surface area contributed by atoms with Gasteiger partial charge in [-0.25, -0.2) is 0 Å². The van der Waals surface area contributed by atoms with Gasteiger partial charge in [-0.05, 0) is 37.7 Å². The predicted octanol–water partition coefficient (Wildman–Crippen LogP) is 0.616. The molecule has 2 saturated heterocycles. The van der Waals surface area contributed by atoms with Gasteiger partial charge in [-0.2, -0.15) is 0 Å². The Morgan fingerprint density at radius 1 is 1.43 bits per heavy atom. The Hall–Kier alpha value is -0.0400. The van der Waals surface area contributed by atoms with E-state index < -0.39 is 0 Å². The predicted molar refractivity (Wildman–Crippen MR) is 29.1 cm³/mol. The van der Waals surface area contributed by atoms with E-state index in [0.717, 1.165) is 13.1 Å². The molecule has 3 fully saturated rings. The summed E-state index contributed by atoms with van der Waals surface area (Å²) in [5, 5.41) is 3.29. The third-order valence-electron chi connectivity index (χ3n) is 1.96. The summed E-state index contributed by atoms with van der Waals surface area (Å²) in [6.07, 6.45) is 1.61. The molecule has 2 unspecified atom stereocenters. The molecule has 1 heteroatoms.